The molecule has 1 rings (SSSR count). The molecule has 1 atom stereocenters. The van der Waals surface area contributed by atoms with E-state index in [2.05, 4.69) is 26.2 Å². The van der Waals surface area contributed by atoms with Gasteiger partial charge in [0.25, 0.3) is 0 Å². The van der Waals surface area contributed by atoms with E-state index in [-0.39, 0.29) is 17.3 Å². The fraction of sp³-hybridized carbons (Fsp3) is 0.500. The predicted octanol–water partition coefficient (Wildman–Crippen LogP) is 2.68. The van der Waals surface area contributed by atoms with Gasteiger partial charge in [-0.2, -0.15) is 0 Å². The quantitative estimate of drug-likeness (QED) is 0.582. The normalized spacial score (nSPS) is 14.0. The highest BCUT2D eigenvalue weighted by Gasteiger charge is 2.26. The van der Waals surface area contributed by atoms with Crippen LogP contribution in [0.5, 0.6) is 0 Å². The first kappa shape index (κ1) is 12.1. The van der Waals surface area contributed by atoms with E-state index in [4.69, 9.17) is 5.84 Å². The molecule has 0 saturated heterocycles. The summed E-state index contributed by atoms with van der Waals surface area (Å²) in [7, 11) is 0. The number of nitrogens with one attached hydrogen (secondary N) is 1. The van der Waals surface area contributed by atoms with Gasteiger partial charge in [-0.25, -0.2) is 4.39 Å². The molecule has 0 bridgehead atoms. The maximum absolute atomic E-state index is 13.0. The zero-order valence-corrected chi connectivity index (χ0v) is 9.76. The molecule has 0 radical (unpaired) electrons. The number of halogens is 1. The molecule has 15 heavy (non-hydrogen) atoms. The number of hydrazine groups is 1. The van der Waals surface area contributed by atoms with Gasteiger partial charge in [-0.3, -0.25) is 11.3 Å². The zero-order chi connectivity index (χ0) is 11.6. The first-order chi connectivity index (χ1) is 6.86. The molecule has 2 nitrogen and oxygen atoms in total. The molecule has 3 heteroatoms. The Bertz CT molecular complexity index is 342. The van der Waals surface area contributed by atoms with Gasteiger partial charge in [0, 0.05) is 0 Å². The number of hydrogen-bond donors (Lipinski definition) is 2. The van der Waals surface area contributed by atoms with Crippen LogP contribution in [0.3, 0.4) is 0 Å². The maximum Gasteiger partial charge on any atom is 0.123 e. The molecule has 0 aliphatic heterocycles. The summed E-state index contributed by atoms with van der Waals surface area (Å²) in [5, 5.41) is 0. The minimum absolute atomic E-state index is 0.00264. The number of aryl methyl sites for hydroxylation is 1. The molecular weight excluding hydrogens is 191 g/mol. The van der Waals surface area contributed by atoms with Gasteiger partial charge in [0.05, 0.1) is 6.04 Å². The Labute approximate surface area is 90.6 Å². The highest BCUT2D eigenvalue weighted by atomic mass is 19.1. The van der Waals surface area contributed by atoms with Crippen molar-refractivity contribution in [3.05, 3.63) is 35.1 Å². The van der Waals surface area contributed by atoms with E-state index < -0.39 is 0 Å². The maximum atomic E-state index is 13.0. The summed E-state index contributed by atoms with van der Waals surface area (Å²) in [5.41, 5.74) is 4.77. The fourth-order valence-corrected chi connectivity index (χ4v) is 1.77. The van der Waals surface area contributed by atoms with Gasteiger partial charge in [-0.15, -0.1) is 0 Å². The summed E-state index contributed by atoms with van der Waals surface area (Å²) >= 11 is 0. The lowest BCUT2D eigenvalue weighted by Gasteiger charge is -2.31. The molecular formula is C12H19FN2. The van der Waals surface area contributed by atoms with Crippen LogP contribution in [-0.2, 0) is 0 Å². The van der Waals surface area contributed by atoms with Gasteiger partial charge >= 0.3 is 0 Å². The highest BCUT2D eigenvalue weighted by Crippen LogP contribution is 2.33. The van der Waals surface area contributed by atoms with Crippen molar-refractivity contribution in [3.8, 4) is 0 Å². The van der Waals surface area contributed by atoms with Gasteiger partial charge in [0.1, 0.15) is 5.82 Å². The number of rotatable bonds is 2. The lowest BCUT2D eigenvalue weighted by Crippen LogP contribution is -2.37. The van der Waals surface area contributed by atoms with Crippen LogP contribution in [0.2, 0.25) is 0 Å². The molecule has 0 saturated carbocycles. The number of hydrogen-bond acceptors (Lipinski definition) is 2. The van der Waals surface area contributed by atoms with Crippen LogP contribution in [-0.4, -0.2) is 0 Å². The van der Waals surface area contributed by atoms with Crippen LogP contribution >= 0.6 is 0 Å². The molecule has 0 aliphatic rings. The monoisotopic (exact) mass is 210 g/mol. The van der Waals surface area contributed by atoms with E-state index in [9.17, 15) is 4.39 Å². The molecule has 0 amide bonds. The van der Waals surface area contributed by atoms with Crippen LogP contribution in [0, 0.1) is 18.2 Å². The van der Waals surface area contributed by atoms with Gasteiger partial charge in [-0.05, 0) is 35.6 Å². The third-order valence-corrected chi connectivity index (χ3v) is 2.58. The Balaban J connectivity index is 3.13. The van der Waals surface area contributed by atoms with Gasteiger partial charge in [0.15, 0.2) is 0 Å². The van der Waals surface area contributed by atoms with E-state index in [0.29, 0.717) is 0 Å². The van der Waals surface area contributed by atoms with Crippen molar-refractivity contribution < 1.29 is 4.39 Å². The van der Waals surface area contributed by atoms with Crippen molar-refractivity contribution >= 4 is 0 Å². The van der Waals surface area contributed by atoms with Crippen LogP contribution in [0.1, 0.15) is 37.9 Å². The summed E-state index contributed by atoms with van der Waals surface area (Å²) in [6.07, 6.45) is 0. The van der Waals surface area contributed by atoms with Crippen LogP contribution in [0.15, 0.2) is 18.2 Å². The Morgan fingerprint density at radius 1 is 1.33 bits per heavy atom. The molecule has 0 heterocycles. The molecule has 0 aliphatic carbocycles. The highest BCUT2D eigenvalue weighted by molar-refractivity contribution is 5.30. The van der Waals surface area contributed by atoms with Gasteiger partial charge in [0.2, 0.25) is 0 Å². The molecule has 3 N–H and O–H groups in total. The van der Waals surface area contributed by atoms with E-state index in [1.807, 2.05) is 6.92 Å². The standard InChI is InChI=1S/C12H19FN2/c1-8-7-9(13)5-6-10(8)11(15-14)12(2,3)4/h5-7,11,15H,14H2,1-4H3. The van der Waals surface area contributed by atoms with Gasteiger partial charge < -0.3 is 0 Å². The molecule has 0 spiro atoms. The lowest BCUT2D eigenvalue weighted by molar-refractivity contribution is 0.274. The van der Waals surface area contributed by atoms with Crippen LogP contribution in [0.4, 0.5) is 4.39 Å². The first-order valence-corrected chi connectivity index (χ1v) is 5.08. The lowest BCUT2D eigenvalue weighted by atomic mass is 9.81. The van der Waals surface area contributed by atoms with Crippen molar-refractivity contribution in [1.82, 2.24) is 5.43 Å². The Kier molecular flexibility index (Phi) is 3.47. The summed E-state index contributed by atoms with van der Waals surface area (Å²) in [6.45, 7) is 8.19. The van der Waals surface area contributed by atoms with Crippen molar-refractivity contribution in [1.29, 1.82) is 0 Å². The topological polar surface area (TPSA) is 38.0 Å². The average Bonchev–Trinajstić information content (AvgIpc) is 2.07. The van der Waals surface area contributed by atoms with Crippen molar-refractivity contribution in [2.24, 2.45) is 11.3 Å². The van der Waals surface area contributed by atoms with Crippen LogP contribution < -0.4 is 11.3 Å². The molecule has 0 fully saturated rings. The summed E-state index contributed by atoms with van der Waals surface area (Å²) in [6, 6.07) is 4.82. The second-order valence-electron chi connectivity index (χ2n) is 4.97. The minimum Gasteiger partial charge on any atom is -0.271 e. The zero-order valence-electron chi connectivity index (χ0n) is 9.76. The van der Waals surface area contributed by atoms with Gasteiger partial charge in [-0.1, -0.05) is 26.8 Å². The van der Waals surface area contributed by atoms with E-state index >= 15 is 0 Å². The molecule has 0 aromatic heterocycles. The van der Waals surface area contributed by atoms with E-state index in [0.717, 1.165) is 11.1 Å². The third kappa shape index (κ3) is 2.76. The fourth-order valence-electron chi connectivity index (χ4n) is 1.77. The summed E-state index contributed by atoms with van der Waals surface area (Å²) in [4.78, 5) is 0. The number of benzene rings is 1. The average molecular weight is 210 g/mol. The Hall–Kier alpha value is -0.930. The molecule has 1 unspecified atom stereocenters. The largest absolute Gasteiger partial charge is 0.271 e. The minimum atomic E-state index is -0.207. The van der Waals surface area contributed by atoms with E-state index in [1.165, 1.54) is 12.1 Å². The first-order valence-electron chi connectivity index (χ1n) is 5.08. The SMILES string of the molecule is Cc1cc(F)ccc1C(NN)C(C)(C)C. The Morgan fingerprint density at radius 2 is 1.93 bits per heavy atom. The second kappa shape index (κ2) is 4.29. The van der Waals surface area contributed by atoms with Crippen molar-refractivity contribution in [3.63, 3.8) is 0 Å². The van der Waals surface area contributed by atoms with Crippen molar-refractivity contribution in [2.75, 3.05) is 0 Å². The van der Waals surface area contributed by atoms with Crippen LogP contribution in [0.25, 0.3) is 0 Å². The summed E-state index contributed by atoms with van der Waals surface area (Å²) in [5.74, 6) is 5.35. The summed E-state index contributed by atoms with van der Waals surface area (Å²) < 4.78 is 13.0. The predicted molar refractivity (Wildman–Crippen MR) is 60.7 cm³/mol. The number of nitrogens with two attached hydrogens (primary N) is 1. The van der Waals surface area contributed by atoms with Crippen molar-refractivity contribution in [2.45, 2.75) is 33.7 Å². The van der Waals surface area contributed by atoms with E-state index in [1.54, 1.807) is 6.07 Å². The second-order valence-corrected chi connectivity index (χ2v) is 4.97. The molecule has 84 valence electrons. The Morgan fingerprint density at radius 3 is 2.33 bits per heavy atom. The molecule has 1 aromatic rings. The smallest absolute Gasteiger partial charge is 0.123 e. The third-order valence-electron chi connectivity index (χ3n) is 2.58. The molecule has 1 aromatic carbocycles.